The minimum atomic E-state index is -0.221. The first-order valence-electron chi connectivity index (χ1n) is 10.2. The van der Waals surface area contributed by atoms with Crippen molar-refractivity contribution in [3.8, 4) is 0 Å². The van der Waals surface area contributed by atoms with Crippen molar-refractivity contribution in [2.24, 2.45) is 0 Å². The molecule has 7 nitrogen and oxygen atoms in total. The van der Waals surface area contributed by atoms with Crippen molar-refractivity contribution in [1.29, 1.82) is 0 Å². The maximum Gasteiger partial charge on any atom is 0.319 e. The Morgan fingerprint density at radius 1 is 1.07 bits per heavy atom. The highest BCUT2D eigenvalue weighted by Crippen LogP contribution is 2.37. The van der Waals surface area contributed by atoms with Crippen LogP contribution in [0.15, 0.2) is 18.2 Å². The molecular formula is C21H32N4O3. The van der Waals surface area contributed by atoms with E-state index in [1.807, 2.05) is 25.1 Å². The number of hydrogen-bond donors (Lipinski definition) is 3. The van der Waals surface area contributed by atoms with E-state index in [-0.39, 0.29) is 24.1 Å². The highest BCUT2D eigenvalue weighted by molar-refractivity contribution is 5.95. The molecule has 0 bridgehead atoms. The number of nitrogens with zero attached hydrogens (tertiary/aromatic N) is 1. The van der Waals surface area contributed by atoms with Crippen LogP contribution in [-0.4, -0.2) is 55.7 Å². The summed E-state index contributed by atoms with van der Waals surface area (Å²) in [5.74, 6) is -0.221. The van der Waals surface area contributed by atoms with Crippen LogP contribution in [0.1, 0.15) is 44.1 Å². The molecule has 0 aromatic heterocycles. The van der Waals surface area contributed by atoms with Crippen molar-refractivity contribution in [3.05, 3.63) is 23.8 Å². The maximum atomic E-state index is 12.6. The van der Waals surface area contributed by atoms with E-state index in [0.717, 1.165) is 31.5 Å². The van der Waals surface area contributed by atoms with E-state index in [9.17, 15) is 9.59 Å². The lowest BCUT2D eigenvalue weighted by atomic mass is 9.95. The van der Waals surface area contributed by atoms with Gasteiger partial charge in [0.15, 0.2) is 0 Å². The molecule has 1 aliphatic carbocycles. The SMILES string of the molecule is COCC(=O)Nc1cccc(NC(=O)NCC2(N3CCCC3)CCCC2)c1C. The number of urea groups is 1. The largest absolute Gasteiger partial charge is 0.375 e. The number of carbonyl (C=O) groups is 2. The topological polar surface area (TPSA) is 82.7 Å². The smallest absolute Gasteiger partial charge is 0.319 e. The van der Waals surface area contributed by atoms with Crippen LogP contribution in [0.25, 0.3) is 0 Å². The average Bonchev–Trinajstić information content (AvgIpc) is 3.36. The molecule has 28 heavy (non-hydrogen) atoms. The zero-order valence-corrected chi connectivity index (χ0v) is 17.0. The fourth-order valence-corrected chi connectivity index (χ4v) is 4.46. The molecule has 2 fully saturated rings. The second-order valence-electron chi connectivity index (χ2n) is 7.89. The molecule has 1 saturated carbocycles. The Labute approximate surface area is 167 Å². The minimum absolute atomic E-state index is 0.00380. The van der Waals surface area contributed by atoms with Gasteiger partial charge in [0.2, 0.25) is 5.91 Å². The van der Waals surface area contributed by atoms with Crippen LogP contribution in [0, 0.1) is 6.92 Å². The summed E-state index contributed by atoms with van der Waals surface area (Å²) in [6, 6.07) is 5.27. The molecule has 0 unspecified atom stereocenters. The Balaban J connectivity index is 1.59. The van der Waals surface area contributed by atoms with Gasteiger partial charge in [0.05, 0.1) is 0 Å². The van der Waals surface area contributed by atoms with Crippen molar-refractivity contribution in [2.75, 3.05) is 44.0 Å². The summed E-state index contributed by atoms with van der Waals surface area (Å²) in [6.45, 7) is 4.84. The normalized spacial score (nSPS) is 18.8. The Bertz CT molecular complexity index is 695. The summed E-state index contributed by atoms with van der Waals surface area (Å²) in [5, 5.41) is 8.84. The molecule has 0 atom stereocenters. The first-order valence-corrected chi connectivity index (χ1v) is 10.2. The highest BCUT2D eigenvalue weighted by Gasteiger charge is 2.40. The molecule has 1 heterocycles. The zero-order valence-electron chi connectivity index (χ0n) is 17.0. The first-order chi connectivity index (χ1) is 13.5. The monoisotopic (exact) mass is 388 g/mol. The molecule has 0 spiro atoms. The minimum Gasteiger partial charge on any atom is -0.375 e. The van der Waals surface area contributed by atoms with Gasteiger partial charge < -0.3 is 20.7 Å². The van der Waals surface area contributed by atoms with E-state index in [0.29, 0.717) is 17.9 Å². The summed E-state index contributed by atoms with van der Waals surface area (Å²) >= 11 is 0. The third-order valence-electron chi connectivity index (χ3n) is 6.02. The van der Waals surface area contributed by atoms with Gasteiger partial charge in [-0.15, -0.1) is 0 Å². The van der Waals surface area contributed by atoms with Gasteiger partial charge in [-0.05, 0) is 63.4 Å². The average molecular weight is 389 g/mol. The van der Waals surface area contributed by atoms with E-state index in [1.165, 1.54) is 32.8 Å². The van der Waals surface area contributed by atoms with Gasteiger partial charge in [0.1, 0.15) is 6.61 Å². The van der Waals surface area contributed by atoms with Gasteiger partial charge in [0.25, 0.3) is 0 Å². The van der Waals surface area contributed by atoms with Gasteiger partial charge in [-0.2, -0.15) is 0 Å². The van der Waals surface area contributed by atoms with Gasteiger partial charge >= 0.3 is 6.03 Å². The lowest BCUT2D eigenvalue weighted by Gasteiger charge is -2.39. The van der Waals surface area contributed by atoms with E-state index < -0.39 is 0 Å². The third-order valence-corrected chi connectivity index (χ3v) is 6.02. The Hall–Kier alpha value is -2.12. The second-order valence-corrected chi connectivity index (χ2v) is 7.89. The van der Waals surface area contributed by atoms with E-state index >= 15 is 0 Å². The van der Waals surface area contributed by atoms with E-state index in [2.05, 4.69) is 20.9 Å². The van der Waals surface area contributed by atoms with Crippen molar-refractivity contribution in [3.63, 3.8) is 0 Å². The predicted octanol–water partition coefficient (Wildman–Crippen LogP) is 3.11. The third kappa shape index (κ3) is 4.83. The Kier molecular flexibility index (Phi) is 6.91. The summed E-state index contributed by atoms with van der Waals surface area (Å²) in [6.07, 6.45) is 7.31. The van der Waals surface area contributed by atoms with Crippen LogP contribution in [0.4, 0.5) is 16.2 Å². The number of carbonyl (C=O) groups excluding carboxylic acids is 2. The number of ether oxygens (including phenoxy) is 1. The lowest BCUT2D eigenvalue weighted by molar-refractivity contribution is -0.119. The number of benzene rings is 1. The van der Waals surface area contributed by atoms with Crippen LogP contribution in [0.2, 0.25) is 0 Å². The Morgan fingerprint density at radius 2 is 1.71 bits per heavy atom. The molecule has 3 N–H and O–H groups in total. The summed E-state index contributed by atoms with van der Waals surface area (Å²) in [7, 11) is 1.48. The molecule has 1 aliphatic heterocycles. The molecule has 7 heteroatoms. The fraction of sp³-hybridized carbons (Fsp3) is 0.619. The maximum absolute atomic E-state index is 12.6. The van der Waals surface area contributed by atoms with Crippen LogP contribution in [0.5, 0.6) is 0 Å². The zero-order chi connectivity index (χ0) is 20.0. The van der Waals surface area contributed by atoms with Crippen LogP contribution in [-0.2, 0) is 9.53 Å². The van der Waals surface area contributed by atoms with Crippen molar-refractivity contribution < 1.29 is 14.3 Å². The number of nitrogens with one attached hydrogen (secondary N) is 3. The lowest BCUT2D eigenvalue weighted by Crippen LogP contribution is -2.53. The quantitative estimate of drug-likeness (QED) is 0.670. The second kappa shape index (κ2) is 9.39. The summed E-state index contributed by atoms with van der Waals surface area (Å²) in [4.78, 5) is 26.9. The number of methoxy groups -OCH3 is 1. The molecule has 0 radical (unpaired) electrons. The van der Waals surface area contributed by atoms with Crippen molar-refractivity contribution in [2.45, 2.75) is 51.0 Å². The molecule has 3 amide bonds. The molecule has 154 valence electrons. The van der Waals surface area contributed by atoms with Crippen molar-refractivity contribution >= 4 is 23.3 Å². The standard InChI is InChI=1S/C21H32N4O3/c1-16-17(23-19(26)14-28-2)8-7-9-18(16)24-20(27)22-15-21(10-3-4-11-21)25-12-5-6-13-25/h7-9H,3-6,10-15H2,1-2H3,(H,23,26)(H2,22,24,27). The molecule has 3 rings (SSSR count). The Morgan fingerprint density at radius 3 is 2.36 bits per heavy atom. The van der Waals surface area contributed by atoms with E-state index in [1.54, 1.807) is 0 Å². The predicted molar refractivity (Wildman–Crippen MR) is 111 cm³/mol. The number of likely N-dealkylation sites (tertiary alicyclic amines) is 1. The summed E-state index contributed by atoms with van der Waals surface area (Å²) in [5.41, 5.74) is 2.30. The fourth-order valence-electron chi connectivity index (χ4n) is 4.46. The number of anilines is 2. The molecule has 1 aromatic rings. The molecule has 1 aromatic carbocycles. The summed E-state index contributed by atoms with van der Waals surface area (Å²) < 4.78 is 4.85. The molecule has 2 aliphatic rings. The number of hydrogen-bond acceptors (Lipinski definition) is 4. The highest BCUT2D eigenvalue weighted by atomic mass is 16.5. The molecular weight excluding hydrogens is 356 g/mol. The van der Waals surface area contributed by atoms with Gasteiger partial charge in [-0.3, -0.25) is 9.69 Å². The van der Waals surface area contributed by atoms with Gasteiger partial charge in [-0.1, -0.05) is 18.9 Å². The van der Waals surface area contributed by atoms with Crippen LogP contribution >= 0.6 is 0 Å². The van der Waals surface area contributed by atoms with E-state index in [4.69, 9.17) is 4.74 Å². The number of rotatable bonds is 7. The number of amides is 3. The van der Waals surface area contributed by atoms with Crippen LogP contribution in [0.3, 0.4) is 0 Å². The first kappa shape index (κ1) is 20.6. The van der Waals surface area contributed by atoms with Gasteiger partial charge in [-0.25, -0.2) is 4.79 Å². The molecule has 1 saturated heterocycles. The van der Waals surface area contributed by atoms with Crippen molar-refractivity contribution in [1.82, 2.24) is 10.2 Å². The van der Waals surface area contributed by atoms with Crippen LogP contribution < -0.4 is 16.0 Å². The van der Waals surface area contributed by atoms with Gasteiger partial charge in [0, 0.05) is 30.6 Å².